The molecule has 0 saturated carbocycles. The largest absolute Gasteiger partial charge is 0.322 e. The van der Waals surface area contributed by atoms with Gasteiger partial charge in [0, 0.05) is 16.3 Å². The third kappa shape index (κ3) is 4.87. The Labute approximate surface area is 163 Å². The first-order valence-electron chi connectivity index (χ1n) is 8.10. The van der Waals surface area contributed by atoms with Crippen LogP contribution in [0.4, 0.5) is 11.4 Å². The Balaban J connectivity index is 1.81. The highest BCUT2D eigenvalue weighted by Gasteiger charge is 2.17. The van der Waals surface area contributed by atoms with Gasteiger partial charge in [-0.05, 0) is 55.5 Å². The summed E-state index contributed by atoms with van der Waals surface area (Å²) < 4.78 is 27.6. The number of carbonyl (C=O) groups is 1. The fourth-order valence-corrected chi connectivity index (χ4v) is 3.70. The summed E-state index contributed by atoms with van der Waals surface area (Å²) in [5.41, 5.74) is 2.30. The van der Waals surface area contributed by atoms with Crippen molar-refractivity contribution < 1.29 is 13.2 Å². The van der Waals surface area contributed by atoms with Crippen molar-refractivity contribution in [3.63, 3.8) is 0 Å². The van der Waals surface area contributed by atoms with Crippen molar-refractivity contribution in [2.75, 3.05) is 10.0 Å². The van der Waals surface area contributed by atoms with Crippen LogP contribution in [0.5, 0.6) is 0 Å². The van der Waals surface area contributed by atoms with Crippen LogP contribution in [0, 0.1) is 6.92 Å². The minimum atomic E-state index is -3.85. The summed E-state index contributed by atoms with van der Waals surface area (Å²) >= 11 is 5.89. The number of nitrogens with one attached hydrogen (secondary N) is 2. The minimum absolute atomic E-state index is 0.0148. The van der Waals surface area contributed by atoms with E-state index < -0.39 is 15.9 Å². The van der Waals surface area contributed by atoms with Crippen molar-refractivity contribution in [3.8, 4) is 0 Å². The van der Waals surface area contributed by atoms with Crippen molar-refractivity contribution in [2.45, 2.75) is 11.8 Å². The number of aryl methyl sites for hydroxylation is 1. The maximum absolute atomic E-state index is 12.6. The molecule has 0 unspecified atom stereocenters. The molecule has 0 aromatic heterocycles. The lowest BCUT2D eigenvalue weighted by molar-refractivity contribution is 0.102. The maximum atomic E-state index is 12.6. The van der Waals surface area contributed by atoms with Gasteiger partial charge in [0.25, 0.3) is 15.9 Å². The lowest BCUT2D eigenvalue weighted by atomic mass is 10.2. The fourth-order valence-electron chi connectivity index (χ4n) is 2.41. The summed E-state index contributed by atoms with van der Waals surface area (Å²) in [6, 6.07) is 19.6. The average Bonchev–Trinajstić information content (AvgIpc) is 2.63. The second kappa shape index (κ2) is 7.82. The average molecular weight is 401 g/mol. The Bertz CT molecular complexity index is 1080. The quantitative estimate of drug-likeness (QED) is 0.651. The van der Waals surface area contributed by atoms with Crippen molar-refractivity contribution in [1.29, 1.82) is 0 Å². The zero-order chi connectivity index (χ0) is 19.4. The van der Waals surface area contributed by atoms with Gasteiger partial charge in [-0.25, -0.2) is 8.42 Å². The van der Waals surface area contributed by atoms with Gasteiger partial charge in [0.05, 0.1) is 10.6 Å². The Morgan fingerprint density at radius 2 is 1.59 bits per heavy atom. The fraction of sp³-hybridized carbons (Fsp3) is 0.0500. The highest BCUT2D eigenvalue weighted by Crippen LogP contribution is 2.20. The molecule has 2 N–H and O–H groups in total. The van der Waals surface area contributed by atoms with E-state index in [9.17, 15) is 13.2 Å². The second-order valence-electron chi connectivity index (χ2n) is 5.96. The van der Waals surface area contributed by atoms with E-state index in [0.29, 0.717) is 16.4 Å². The highest BCUT2D eigenvalue weighted by atomic mass is 35.5. The molecule has 0 fully saturated rings. The lowest BCUT2D eigenvalue weighted by Gasteiger charge is -2.10. The molecule has 138 valence electrons. The third-order valence-electron chi connectivity index (χ3n) is 3.79. The standard InChI is InChI=1S/C20H17ClN2O3S/c1-14-8-10-17(11-9-14)22-20(24)15-4-2-7-19(12-15)27(25,26)23-18-6-3-5-16(21)13-18/h2-13,23H,1H3,(H,22,24). The zero-order valence-corrected chi connectivity index (χ0v) is 16.0. The third-order valence-corrected chi connectivity index (χ3v) is 5.41. The van der Waals surface area contributed by atoms with Crippen LogP contribution < -0.4 is 10.0 Å². The number of benzene rings is 3. The number of hydrogen-bond acceptors (Lipinski definition) is 3. The van der Waals surface area contributed by atoms with Crippen LogP contribution in [0.1, 0.15) is 15.9 Å². The minimum Gasteiger partial charge on any atom is -0.322 e. The van der Waals surface area contributed by atoms with E-state index >= 15 is 0 Å². The van der Waals surface area contributed by atoms with Gasteiger partial charge in [-0.3, -0.25) is 9.52 Å². The van der Waals surface area contributed by atoms with Crippen LogP contribution in [-0.4, -0.2) is 14.3 Å². The topological polar surface area (TPSA) is 75.3 Å². The SMILES string of the molecule is Cc1ccc(NC(=O)c2cccc(S(=O)(=O)Nc3cccc(Cl)c3)c2)cc1. The van der Waals surface area contributed by atoms with E-state index in [4.69, 9.17) is 11.6 Å². The zero-order valence-electron chi connectivity index (χ0n) is 14.4. The van der Waals surface area contributed by atoms with Gasteiger partial charge < -0.3 is 5.32 Å². The lowest BCUT2D eigenvalue weighted by Crippen LogP contribution is -2.16. The molecule has 0 bridgehead atoms. The Morgan fingerprint density at radius 3 is 2.30 bits per heavy atom. The summed E-state index contributed by atoms with van der Waals surface area (Å²) in [4.78, 5) is 12.4. The van der Waals surface area contributed by atoms with E-state index in [1.807, 2.05) is 19.1 Å². The molecule has 0 atom stereocenters. The monoisotopic (exact) mass is 400 g/mol. The number of amides is 1. The van der Waals surface area contributed by atoms with E-state index in [2.05, 4.69) is 10.0 Å². The van der Waals surface area contributed by atoms with Gasteiger partial charge in [0.1, 0.15) is 0 Å². The molecule has 3 aromatic rings. The molecule has 3 rings (SSSR count). The predicted octanol–water partition coefficient (Wildman–Crippen LogP) is 4.70. The Morgan fingerprint density at radius 1 is 0.889 bits per heavy atom. The van der Waals surface area contributed by atoms with Crippen LogP contribution in [-0.2, 0) is 10.0 Å². The first-order chi connectivity index (χ1) is 12.8. The molecule has 0 radical (unpaired) electrons. The molecule has 0 spiro atoms. The summed E-state index contributed by atoms with van der Waals surface area (Å²) in [6.07, 6.45) is 0. The predicted molar refractivity (Wildman–Crippen MR) is 108 cm³/mol. The number of halogens is 1. The molecule has 0 heterocycles. The molecule has 1 amide bonds. The Hall–Kier alpha value is -2.83. The first-order valence-corrected chi connectivity index (χ1v) is 9.96. The number of rotatable bonds is 5. The van der Waals surface area contributed by atoms with Gasteiger partial charge in [0.2, 0.25) is 0 Å². The highest BCUT2D eigenvalue weighted by molar-refractivity contribution is 7.92. The van der Waals surface area contributed by atoms with Crippen LogP contribution in [0.2, 0.25) is 5.02 Å². The molecule has 0 aliphatic heterocycles. The van der Waals surface area contributed by atoms with E-state index in [-0.39, 0.29) is 10.5 Å². The molecule has 0 aliphatic carbocycles. The van der Waals surface area contributed by atoms with Crippen molar-refractivity contribution >= 4 is 38.9 Å². The van der Waals surface area contributed by atoms with Gasteiger partial charge in [-0.15, -0.1) is 0 Å². The number of carbonyl (C=O) groups excluding carboxylic acids is 1. The summed E-state index contributed by atoms with van der Waals surface area (Å²) in [5, 5.41) is 3.17. The summed E-state index contributed by atoms with van der Waals surface area (Å²) in [5.74, 6) is -0.390. The number of hydrogen-bond donors (Lipinski definition) is 2. The van der Waals surface area contributed by atoms with Crippen molar-refractivity contribution in [3.05, 3.63) is 88.9 Å². The van der Waals surface area contributed by atoms with E-state index in [1.54, 1.807) is 36.4 Å². The number of sulfonamides is 1. The molecule has 27 heavy (non-hydrogen) atoms. The summed E-state index contributed by atoms with van der Waals surface area (Å²) in [6.45, 7) is 1.95. The normalized spacial score (nSPS) is 11.0. The van der Waals surface area contributed by atoms with Crippen molar-refractivity contribution in [2.24, 2.45) is 0 Å². The van der Waals surface area contributed by atoms with Crippen LogP contribution in [0.25, 0.3) is 0 Å². The molecule has 3 aromatic carbocycles. The molecule has 0 saturated heterocycles. The molecular weight excluding hydrogens is 384 g/mol. The first kappa shape index (κ1) is 18.9. The molecule has 7 heteroatoms. The van der Waals surface area contributed by atoms with Gasteiger partial charge in [-0.1, -0.05) is 41.4 Å². The molecular formula is C20H17ClN2O3S. The molecule has 5 nitrogen and oxygen atoms in total. The molecule has 0 aliphatic rings. The smallest absolute Gasteiger partial charge is 0.261 e. The number of anilines is 2. The maximum Gasteiger partial charge on any atom is 0.261 e. The summed E-state index contributed by atoms with van der Waals surface area (Å²) in [7, 11) is -3.85. The van der Waals surface area contributed by atoms with Gasteiger partial charge in [0.15, 0.2) is 0 Å². The van der Waals surface area contributed by atoms with Crippen LogP contribution >= 0.6 is 11.6 Å². The Kier molecular flexibility index (Phi) is 5.48. The van der Waals surface area contributed by atoms with Crippen molar-refractivity contribution in [1.82, 2.24) is 0 Å². The van der Waals surface area contributed by atoms with Crippen LogP contribution in [0.15, 0.2) is 77.7 Å². The van der Waals surface area contributed by atoms with Crippen LogP contribution in [0.3, 0.4) is 0 Å². The van der Waals surface area contributed by atoms with Gasteiger partial charge in [-0.2, -0.15) is 0 Å². The van der Waals surface area contributed by atoms with Gasteiger partial charge >= 0.3 is 0 Å². The van der Waals surface area contributed by atoms with E-state index in [0.717, 1.165) is 5.56 Å². The second-order valence-corrected chi connectivity index (χ2v) is 8.08. The van der Waals surface area contributed by atoms with E-state index in [1.165, 1.54) is 24.3 Å².